The van der Waals surface area contributed by atoms with Gasteiger partial charge in [-0.25, -0.2) is 14.4 Å². The molecule has 174 valence electrons. The summed E-state index contributed by atoms with van der Waals surface area (Å²) in [6, 6.07) is 7.17. The number of nitrogen functional groups attached to an aromatic ring is 1. The van der Waals surface area contributed by atoms with Crippen LogP contribution in [-0.4, -0.2) is 49.7 Å². The normalized spacial score (nSPS) is 14.3. The fourth-order valence-electron chi connectivity index (χ4n) is 3.96. The van der Waals surface area contributed by atoms with E-state index in [0.717, 1.165) is 36.2 Å². The molecular formula is C23H23FN8O2. The van der Waals surface area contributed by atoms with Crippen molar-refractivity contribution in [1.82, 2.24) is 34.8 Å². The fourth-order valence-corrected chi connectivity index (χ4v) is 3.96. The van der Waals surface area contributed by atoms with Gasteiger partial charge in [0.2, 0.25) is 0 Å². The first-order valence-electron chi connectivity index (χ1n) is 10.9. The number of rotatable bonds is 5. The molecule has 5 rings (SSSR count). The molecule has 34 heavy (non-hydrogen) atoms. The second-order valence-corrected chi connectivity index (χ2v) is 7.97. The van der Waals surface area contributed by atoms with Gasteiger partial charge in [-0.1, -0.05) is 0 Å². The standard InChI is InChI=1S/C23H23FN8O2/c1-34-16-2-3-17(24)20(10-16)32-21(33)5-4-18(30-32)22-23(25)27-12-19(29-22)14-11-28-31(13-14)15-6-8-26-9-7-15/h2-5,10-13,15,26H,6-9H2,1H3,(H2,25,27). The SMILES string of the molecule is COc1ccc(F)c(-n2nc(-c3nc(-c4cnn(C5CCNCC5)c4)cnc3N)ccc2=O)c1. The van der Waals surface area contributed by atoms with E-state index in [0.29, 0.717) is 17.5 Å². The predicted octanol–water partition coefficient (Wildman–Crippen LogP) is 2.21. The van der Waals surface area contributed by atoms with E-state index in [1.165, 1.54) is 37.4 Å². The number of anilines is 1. The van der Waals surface area contributed by atoms with Gasteiger partial charge in [0.05, 0.1) is 31.2 Å². The molecule has 0 aliphatic carbocycles. The number of halogens is 1. The molecule has 0 saturated carbocycles. The van der Waals surface area contributed by atoms with Crippen molar-refractivity contribution in [2.75, 3.05) is 25.9 Å². The molecule has 0 spiro atoms. The number of benzene rings is 1. The summed E-state index contributed by atoms with van der Waals surface area (Å²) < 4.78 is 22.6. The van der Waals surface area contributed by atoms with E-state index in [-0.39, 0.29) is 22.9 Å². The van der Waals surface area contributed by atoms with Crippen LogP contribution in [0.4, 0.5) is 10.2 Å². The summed E-state index contributed by atoms with van der Waals surface area (Å²) in [5.74, 6) is -0.0911. The maximum Gasteiger partial charge on any atom is 0.271 e. The van der Waals surface area contributed by atoms with E-state index < -0.39 is 11.4 Å². The molecule has 1 aliphatic rings. The second kappa shape index (κ2) is 9.02. The van der Waals surface area contributed by atoms with E-state index in [1.54, 1.807) is 12.4 Å². The number of nitrogens with zero attached hydrogens (tertiary/aromatic N) is 6. The zero-order chi connectivity index (χ0) is 23.7. The number of aromatic nitrogens is 6. The topological polar surface area (TPSA) is 126 Å². The van der Waals surface area contributed by atoms with Crippen LogP contribution < -0.4 is 21.3 Å². The number of hydrogen-bond donors (Lipinski definition) is 2. The van der Waals surface area contributed by atoms with Crippen molar-refractivity contribution in [1.29, 1.82) is 0 Å². The van der Waals surface area contributed by atoms with Gasteiger partial charge in [-0.3, -0.25) is 9.48 Å². The van der Waals surface area contributed by atoms with E-state index in [2.05, 4.69) is 25.5 Å². The van der Waals surface area contributed by atoms with Gasteiger partial charge in [0.15, 0.2) is 5.82 Å². The highest BCUT2D eigenvalue weighted by Crippen LogP contribution is 2.26. The minimum Gasteiger partial charge on any atom is -0.497 e. The van der Waals surface area contributed by atoms with Gasteiger partial charge in [-0.2, -0.15) is 14.9 Å². The molecule has 3 N–H and O–H groups in total. The molecule has 0 radical (unpaired) electrons. The molecule has 0 unspecified atom stereocenters. The summed E-state index contributed by atoms with van der Waals surface area (Å²) >= 11 is 0. The highest BCUT2D eigenvalue weighted by Gasteiger charge is 2.18. The van der Waals surface area contributed by atoms with Gasteiger partial charge < -0.3 is 15.8 Å². The Hall–Kier alpha value is -4.12. The number of nitrogens with two attached hydrogens (primary N) is 1. The highest BCUT2D eigenvalue weighted by atomic mass is 19.1. The van der Waals surface area contributed by atoms with Crippen LogP contribution in [0.15, 0.2) is 53.7 Å². The lowest BCUT2D eigenvalue weighted by atomic mass is 10.1. The third-order valence-electron chi connectivity index (χ3n) is 5.81. The zero-order valence-electron chi connectivity index (χ0n) is 18.5. The molecule has 0 atom stereocenters. The first-order valence-corrected chi connectivity index (χ1v) is 10.9. The van der Waals surface area contributed by atoms with Crippen LogP contribution in [0.2, 0.25) is 0 Å². The van der Waals surface area contributed by atoms with Crippen LogP contribution in [0.3, 0.4) is 0 Å². The largest absolute Gasteiger partial charge is 0.497 e. The average molecular weight is 462 g/mol. The molecule has 1 aliphatic heterocycles. The molecule has 0 bridgehead atoms. The van der Waals surface area contributed by atoms with E-state index in [1.807, 2.05) is 10.9 Å². The van der Waals surface area contributed by atoms with Crippen LogP contribution in [0.1, 0.15) is 18.9 Å². The maximum atomic E-state index is 14.5. The van der Waals surface area contributed by atoms with Gasteiger partial charge in [-0.05, 0) is 44.1 Å². The van der Waals surface area contributed by atoms with Gasteiger partial charge in [0.1, 0.15) is 28.6 Å². The lowest BCUT2D eigenvalue weighted by Gasteiger charge is -2.22. The van der Waals surface area contributed by atoms with Crippen molar-refractivity contribution < 1.29 is 9.13 Å². The molecule has 1 saturated heterocycles. The summed E-state index contributed by atoms with van der Waals surface area (Å²) in [5.41, 5.74) is 7.46. The smallest absolute Gasteiger partial charge is 0.271 e. The number of piperidine rings is 1. The number of methoxy groups -OCH3 is 1. The maximum absolute atomic E-state index is 14.5. The predicted molar refractivity (Wildman–Crippen MR) is 124 cm³/mol. The number of nitrogens with one attached hydrogen (secondary N) is 1. The van der Waals surface area contributed by atoms with Gasteiger partial charge in [-0.15, -0.1) is 0 Å². The second-order valence-electron chi connectivity index (χ2n) is 7.97. The van der Waals surface area contributed by atoms with E-state index in [4.69, 9.17) is 10.5 Å². The molecule has 0 amide bonds. The first kappa shape index (κ1) is 21.7. The molecule has 1 aromatic carbocycles. The molecule has 4 aromatic rings. The van der Waals surface area contributed by atoms with E-state index >= 15 is 0 Å². The Morgan fingerprint density at radius 2 is 1.97 bits per heavy atom. The Morgan fingerprint density at radius 3 is 2.76 bits per heavy atom. The Bertz CT molecular complexity index is 1390. The monoisotopic (exact) mass is 462 g/mol. The van der Waals surface area contributed by atoms with Crippen molar-refractivity contribution in [3.8, 4) is 34.1 Å². The van der Waals surface area contributed by atoms with Gasteiger partial charge >= 0.3 is 0 Å². The quantitative estimate of drug-likeness (QED) is 0.462. The Kier molecular flexibility index (Phi) is 5.76. The summed E-state index contributed by atoms with van der Waals surface area (Å²) in [6.07, 6.45) is 7.27. The van der Waals surface area contributed by atoms with Crippen molar-refractivity contribution in [3.63, 3.8) is 0 Å². The molecule has 11 heteroatoms. The molecule has 4 heterocycles. The number of hydrogen-bond acceptors (Lipinski definition) is 8. The van der Waals surface area contributed by atoms with E-state index in [9.17, 15) is 9.18 Å². The van der Waals surface area contributed by atoms with Crippen molar-refractivity contribution in [2.45, 2.75) is 18.9 Å². The molecule has 1 fully saturated rings. The lowest BCUT2D eigenvalue weighted by Crippen LogP contribution is -2.29. The Morgan fingerprint density at radius 1 is 1.15 bits per heavy atom. The zero-order valence-corrected chi connectivity index (χ0v) is 18.5. The van der Waals surface area contributed by atoms with Gasteiger partial charge in [0, 0.05) is 23.9 Å². The minimum absolute atomic E-state index is 0.0443. The fraction of sp³-hybridized carbons (Fsp3) is 0.261. The summed E-state index contributed by atoms with van der Waals surface area (Å²) in [4.78, 5) is 21.4. The van der Waals surface area contributed by atoms with Crippen LogP contribution in [0, 0.1) is 5.82 Å². The van der Waals surface area contributed by atoms with Crippen molar-refractivity contribution in [3.05, 3.63) is 65.1 Å². The summed E-state index contributed by atoms with van der Waals surface area (Å²) in [7, 11) is 1.46. The van der Waals surface area contributed by atoms with Gasteiger partial charge in [0.25, 0.3) is 5.56 Å². The third kappa shape index (κ3) is 4.13. The van der Waals surface area contributed by atoms with Crippen LogP contribution in [-0.2, 0) is 0 Å². The highest BCUT2D eigenvalue weighted by molar-refractivity contribution is 5.70. The average Bonchev–Trinajstić information content (AvgIpc) is 3.36. The molecule has 10 nitrogen and oxygen atoms in total. The Labute approximate surface area is 194 Å². The minimum atomic E-state index is -0.620. The van der Waals surface area contributed by atoms with Crippen molar-refractivity contribution >= 4 is 5.82 Å². The van der Waals surface area contributed by atoms with Crippen LogP contribution >= 0.6 is 0 Å². The third-order valence-corrected chi connectivity index (χ3v) is 5.81. The lowest BCUT2D eigenvalue weighted by molar-refractivity contribution is 0.343. The summed E-state index contributed by atoms with van der Waals surface area (Å²) in [6.45, 7) is 1.92. The summed E-state index contributed by atoms with van der Waals surface area (Å²) in [5, 5.41) is 12.2. The van der Waals surface area contributed by atoms with Crippen LogP contribution in [0.25, 0.3) is 28.3 Å². The van der Waals surface area contributed by atoms with Crippen molar-refractivity contribution in [2.24, 2.45) is 0 Å². The molecule has 3 aromatic heterocycles. The Balaban J connectivity index is 1.53. The molecular weight excluding hydrogens is 439 g/mol. The first-order chi connectivity index (χ1) is 16.5. The van der Waals surface area contributed by atoms with Crippen LogP contribution in [0.5, 0.6) is 5.75 Å². The number of ether oxygens (including phenoxy) is 1.